The molecule has 18 heavy (non-hydrogen) atoms. The van der Waals surface area contributed by atoms with Gasteiger partial charge in [-0.1, -0.05) is 41.9 Å². The van der Waals surface area contributed by atoms with Crippen LogP contribution in [0.5, 0.6) is 0 Å². The van der Waals surface area contributed by atoms with Gasteiger partial charge in [-0.2, -0.15) is 0 Å². The summed E-state index contributed by atoms with van der Waals surface area (Å²) < 4.78 is 6.03. The number of alkyl halides is 1. The summed E-state index contributed by atoms with van der Waals surface area (Å²) >= 11 is 5.88. The Kier molecular flexibility index (Phi) is 2.50. The van der Waals surface area contributed by atoms with Gasteiger partial charge in [0.25, 0.3) is 0 Å². The largest absolute Gasteiger partial charge is 0.359 e. The van der Waals surface area contributed by atoms with E-state index in [9.17, 15) is 0 Å². The fourth-order valence-corrected chi connectivity index (χ4v) is 5.47. The molecular formula is C16H19ClO. The summed E-state index contributed by atoms with van der Waals surface area (Å²) in [4.78, 5) is 0. The first-order valence-corrected chi connectivity index (χ1v) is 7.61. The Morgan fingerprint density at radius 2 is 2.00 bits per heavy atom. The van der Waals surface area contributed by atoms with Gasteiger partial charge in [0, 0.05) is 0 Å². The molecule has 5 unspecified atom stereocenters. The van der Waals surface area contributed by atoms with Crippen LogP contribution >= 0.6 is 11.6 Å². The van der Waals surface area contributed by atoms with Crippen molar-refractivity contribution < 1.29 is 4.74 Å². The van der Waals surface area contributed by atoms with Crippen LogP contribution in [0.4, 0.5) is 0 Å². The molecule has 96 valence electrons. The van der Waals surface area contributed by atoms with Crippen molar-refractivity contribution in [3.63, 3.8) is 0 Å². The summed E-state index contributed by atoms with van der Waals surface area (Å²) in [5.74, 6) is 3.15. The summed E-state index contributed by atoms with van der Waals surface area (Å²) in [7, 11) is 0. The standard InChI is InChI=1S/C16H19ClO/c17-10-18-16-8-11-6-13(9-16)15(14(16)7-11)12-4-2-1-3-5-12/h1-5,11,13-15H,6-10H2. The van der Waals surface area contributed by atoms with E-state index in [1.165, 1.54) is 31.2 Å². The number of halogens is 1. The van der Waals surface area contributed by atoms with E-state index in [0.29, 0.717) is 17.9 Å². The molecule has 0 heterocycles. The zero-order chi connectivity index (χ0) is 12.2. The second kappa shape index (κ2) is 3.98. The van der Waals surface area contributed by atoms with Crippen LogP contribution in [0.15, 0.2) is 30.3 Å². The molecule has 0 spiro atoms. The highest BCUT2D eigenvalue weighted by Crippen LogP contribution is 2.67. The lowest BCUT2D eigenvalue weighted by molar-refractivity contribution is -0.0459. The van der Waals surface area contributed by atoms with E-state index in [1.54, 1.807) is 0 Å². The van der Waals surface area contributed by atoms with E-state index in [-0.39, 0.29) is 5.60 Å². The van der Waals surface area contributed by atoms with Crippen LogP contribution in [0, 0.1) is 17.8 Å². The number of hydrogen-bond donors (Lipinski definition) is 0. The van der Waals surface area contributed by atoms with Gasteiger partial charge in [0.2, 0.25) is 0 Å². The smallest absolute Gasteiger partial charge is 0.121 e. The average molecular weight is 263 g/mol. The van der Waals surface area contributed by atoms with Crippen LogP contribution in [-0.2, 0) is 4.74 Å². The second-order valence-electron chi connectivity index (χ2n) is 6.37. The third-order valence-electron chi connectivity index (χ3n) is 5.61. The minimum absolute atomic E-state index is 0.121. The maximum Gasteiger partial charge on any atom is 0.121 e. The third-order valence-corrected chi connectivity index (χ3v) is 5.72. The molecule has 4 fully saturated rings. The fraction of sp³-hybridized carbons (Fsp3) is 0.625. The quantitative estimate of drug-likeness (QED) is 0.743. The van der Waals surface area contributed by atoms with Crippen molar-refractivity contribution in [3.8, 4) is 0 Å². The van der Waals surface area contributed by atoms with Crippen LogP contribution < -0.4 is 0 Å². The van der Waals surface area contributed by atoms with Crippen LogP contribution in [0.3, 0.4) is 0 Å². The van der Waals surface area contributed by atoms with Gasteiger partial charge in [-0.3, -0.25) is 0 Å². The Bertz CT molecular complexity index is 446. The molecular weight excluding hydrogens is 244 g/mol. The molecule has 1 nitrogen and oxygen atoms in total. The molecule has 5 atom stereocenters. The van der Waals surface area contributed by atoms with Gasteiger partial charge in [-0.15, -0.1) is 0 Å². The topological polar surface area (TPSA) is 9.23 Å². The van der Waals surface area contributed by atoms with Gasteiger partial charge in [-0.25, -0.2) is 0 Å². The van der Waals surface area contributed by atoms with Crippen LogP contribution in [0.25, 0.3) is 0 Å². The van der Waals surface area contributed by atoms with E-state index in [2.05, 4.69) is 30.3 Å². The highest BCUT2D eigenvalue weighted by Gasteiger charge is 2.63. The maximum atomic E-state index is 6.03. The third kappa shape index (κ3) is 1.44. The summed E-state index contributed by atoms with van der Waals surface area (Å²) in [6, 6.07) is 11.4. The predicted molar refractivity (Wildman–Crippen MR) is 72.7 cm³/mol. The van der Waals surface area contributed by atoms with Gasteiger partial charge in [0.15, 0.2) is 0 Å². The zero-order valence-corrected chi connectivity index (χ0v) is 11.3. The van der Waals surface area contributed by atoms with Crippen LogP contribution in [-0.4, -0.2) is 11.7 Å². The van der Waals surface area contributed by atoms with E-state index in [1.807, 2.05) is 0 Å². The predicted octanol–water partition coefficient (Wildman–Crippen LogP) is 4.17. The Hall–Kier alpha value is -0.530. The van der Waals surface area contributed by atoms with Gasteiger partial charge in [0.05, 0.1) is 5.60 Å². The van der Waals surface area contributed by atoms with Gasteiger partial charge < -0.3 is 4.74 Å². The van der Waals surface area contributed by atoms with Crippen molar-refractivity contribution >= 4 is 11.6 Å². The Balaban J connectivity index is 1.71. The monoisotopic (exact) mass is 262 g/mol. The SMILES string of the molecule is ClCOC12CC3CC(C1)C(c1ccccc1)C2C3. The van der Waals surface area contributed by atoms with E-state index >= 15 is 0 Å². The Morgan fingerprint density at radius 3 is 2.78 bits per heavy atom. The maximum absolute atomic E-state index is 6.03. The molecule has 4 aliphatic rings. The summed E-state index contributed by atoms with van der Waals surface area (Å²) in [5.41, 5.74) is 1.64. The average Bonchev–Trinajstić information content (AvgIpc) is 2.74. The molecule has 0 saturated heterocycles. The number of rotatable bonds is 3. The normalized spacial score (nSPS) is 44.7. The lowest BCUT2D eigenvalue weighted by atomic mass is 9.73. The molecule has 4 saturated carbocycles. The van der Waals surface area contributed by atoms with Crippen molar-refractivity contribution in [2.75, 3.05) is 6.07 Å². The number of hydrogen-bond acceptors (Lipinski definition) is 1. The Morgan fingerprint density at radius 1 is 1.17 bits per heavy atom. The van der Waals surface area contributed by atoms with E-state index in [0.717, 1.165) is 11.8 Å². The number of benzene rings is 1. The molecule has 0 N–H and O–H groups in total. The minimum atomic E-state index is 0.121. The molecule has 5 rings (SSSR count). The van der Waals surface area contributed by atoms with Crippen molar-refractivity contribution in [1.29, 1.82) is 0 Å². The molecule has 0 amide bonds. The summed E-state index contributed by atoms with van der Waals surface area (Å²) in [5, 5.41) is 0. The molecule has 0 radical (unpaired) electrons. The zero-order valence-electron chi connectivity index (χ0n) is 10.5. The van der Waals surface area contributed by atoms with E-state index < -0.39 is 0 Å². The Labute approximate surface area is 113 Å². The van der Waals surface area contributed by atoms with Crippen molar-refractivity contribution in [1.82, 2.24) is 0 Å². The lowest BCUT2D eigenvalue weighted by Crippen LogP contribution is -2.33. The van der Waals surface area contributed by atoms with Crippen molar-refractivity contribution in [2.24, 2.45) is 17.8 Å². The first-order chi connectivity index (χ1) is 8.82. The highest BCUT2D eigenvalue weighted by molar-refractivity contribution is 6.17. The molecule has 1 aromatic rings. The summed E-state index contributed by atoms with van der Waals surface area (Å²) in [6.45, 7) is 0. The summed E-state index contributed by atoms with van der Waals surface area (Å²) in [6.07, 6.45) is 5.25. The van der Waals surface area contributed by atoms with Gasteiger partial charge in [-0.05, 0) is 54.9 Å². The number of ether oxygens (including phenoxy) is 1. The van der Waals surface area contributed by atoms with Gasteiger partial charge >= 0.3 is 0 Å². The fourth-order valence-electron chi connectivity index (χ4n) is 5.26. The first-order valence-electron chi connectivity index (χ1n) is 7.07. The van der Waals surface area contributed by atoms with Crippen LogP contribution in [0.1, 0.15) is 37.2 Å². The minimum Gasteiger partial charge on any atom is -0.359 e. The first kappa shape index (κ1) is 11.3. The molecule has 2 heteroatoms. The van der Waals surface area contributed by atoms with Gasteiger partial charge in [0.1, 0.15) is 6.07 Å². The highest BCUT2D eigenvalue weighted by atomic mass is 35.5. The molecule has 0 aromatic heterocycles. The molecule has 0 aliphatic heterocycles. The second-order valence-corrected chi connectivity index (χ2v) is 6.59. The van der Waals surface area contributed by atoms with Crippen molar-refractivity contribution in [2.45, 2.75) is 37.2 Å². The molecule has 4 bridgehead atoms. The van der Waals surface area contributed by atoms with Crippen LogP contribution in [0.2, 0.25) is 0 Å². The lowest BCUT2D eigenvalue weighted by Gasteiger charge is -2.32. The molecule has 4 aliphatic carbocycles. The van der Waals surface area contributed by atoms with E-state index in [4.69, 9.17) is 16.3 Å². The molecule has 1 aromatic carbocycles. The van der Waals surface area contributed by atoms with Crippen molar-refractivity contribution in [3.05, 3.63) is 35.9 Å².